The molecule has 1 aliphatic carbocycles. The molecule has 0 aromatic carbocycles. The molecule has 6 rings (SSSR count). The fraction of sp³-hybridized carbons (Fsp3) is 0.364. The van der Waals surface area contributed by atoms with Gasteiger partial charge in [-0.25, -0.2) is 9.97 Å². The van der Waals surface area contributed by atoms with E-state index in [-0.39, 0.29) is 0 Å². The van der Waals surface area contributed by atoms with E-state index in [0.29, 0.717) is 0 Å². The average molecular weight is 418 g/mol. The number of likely N-dealkylation sites (tertiary alicyclic amines) is 1. The van der Waals surface area contributed by atoms with Crippen LogP contribution in [-0.2, 0) is 6.54 Å². The first kappa shape index (κ1) is 18.0. The number of piperidine rings is 1. The second-order valence-electron chi connectivity index (χ2n) is 8.37. The van der Waals surface area contributed by atoms with Gasteiger partial charge in [0.15, 0.2) is 5.13 Å². The smallest absolute Gasteiger partial charge is 0.189 e. The Kier molecular flexibility index (Phi) is 4.28. The van der Waals surface area contributed by atoms with Crippen LogP contribution in [0, 0.1) is 12.8 Å². The van der Waals surface area contributed by atoms with Crippen molar-refractivity contribution in [1.29, 1.82) is 0 Å². The second kappa shape index (κ2) is 7.14. The van der Waals surface area contributed by atoms with E-state index in [9.17, 15) is 0 Å². The Hall–Kier alpha value is -2.84. The first-order valence-corrected chi connectivity index (χ1v) is 11.3. The van der Waals surface area contributed by atoms with Crippen LogP contribution in [0.3, 0.4) is 0 Å². The molecule has 1 saturated carbocycles. The highest BCUT2D eigenvalue weighted by atomic mass is 32.1. The summed E-state index contributed by atoms with van der Waals surface area (Å²) in [7, 11) is 0. The van der Waals surface area contributed by atoms with Gasteiger partial charge < -0.3 is 5.32 Å². The summed E-state index contributed by atoms with van der Waals surface area (Å²) in [6.45, 7) is 4.25. The van der Waals surface area contributed by atoms with E-state index in [1.807, 2.05) is 25.4 Å². The fourth-order valence-electron chi connectivity index (χ4n) is 4.90. The number of aryl methyl sites for hydroxylation is 1. The third kappa shape index (κ3) is 3.16. The highest BCUT2D eigenvalue weighted by molar-refractivity contribution is 7.22. The number of hydrogen-bond acceptors (Lipinski definition) is 7. The monoisotopic (exact) mass is 417 g/mol. The molecule has 30 heavy (non-hydrogen) atoms. The lowest BCUT2D eigenvalue weighted by Gasteiger charge is -2.26. The Labute approximate surface area is 178 Å². The van der Waals surface area contributed by atoms with Gasteiger partial charge in [0.25, 0.3) is 0 Å². The first-order valence-electron chi connectivity index (χ1n) is 10.4. The van der Waals surface area contributed by atoms with Crippen molar-refractivity contribution < 1.29 is 0 Å². The zero-order valence-electron chi connectivity index (χ0n) is 16.8. The molecule has 2 fully saturated rings. The highest BCUT2D eigenvalue weighted by Gasteiger charge is 2.37. The molecule has 2 bridgehead atoms. The minimum atomic E-state index is 0.779. The number of aromatic amines is 1. The van der Waals surface area contributed by atoms with Crippen LogP contribution >= 0.6 is 11.3 Å². The maximum absolute atomic E-state index is 4.82. The molecular formula is C22H23N7S. The standard InChI is InChI=1S/C22H23N7S/c1-13-17(10-25-28-13)20-21-18(5-7-24-20)30-22(27-21)26-19-9-15(4-6-23-19)12-29-11-14-2-3-16(29)8-14/h4-7,9-10,14,16H,2-3,8,11-12H2,1H3,(H,25,28)(H,23,26,27). The molecule has 8 heteroatoms. The van der Waals surface area contributed by atoms with Gasteiger partial charge in [-0.05, 0) is 55.9 Å². The van der Waals surface area contributed by atoms with Crippen molar-refractivity contribution in [3.63, 3.8) is 0 Å². The van der Waals surface area contributed by atoms with Crippen molar-refractivity contribution in [2.24, 2.45) is 5.92 Å². The Morgan fingerprint density at radius 2 is 2.17 bits per heavy atom. The number of H-pyrrole nitrogens is 1. The fourth-order valence-corrected chi connectivity index (χ4v) is 5.77. The van der Waals surface area contributed by atoms with Crippen molar-refractivity contribution in [3.8, 4) is 11.3 Å². The maximum atomic E-state index is 4.82. The van der Waals surface area contributed by atoms with E-state index in [2.05, 4.69) is 42.5 Å². The van der Waals surface area contributed by atoms with E-state index >= 15 is 0 Å². The molecule has 152 valence electrons. The van der Waals surface area contributed by atoms with Gasteiger partial charge in [0.05, 0.1) is 10.9 Å². The van der Waals surface area contributed by atoms with Gasteiger partial charge in [0, 0.05) is 42.8 Å². The van der Waals surface area contributed by atoms with Crippen LogP contribution in [-0.4, -0.2) is 42.6 Å². The molecule has 2 atom stereocenters. The third-order valence-corrected chi connectivity index (χ3v) is 7.30. The number of fused-ring (bicyclic) bond motifs is 3. The minimum absolute atomic E-state index is 0.779. The van der Waals surface area contributed by atoms with Crippen LogP contribution < -0.4 is 5.32 Å². The summed E-state index contributed by atoms with van der Waals surface area (Å²) in [6, 6.07) is 7.06. The van der Waals surface area contributed by atoms with Crippen LogP contribution in [0.5, 0.6) is 0 Å². The molecular weight excluding hydrogens is 394 g/mol. The molecule has 4 aromatic heterocycles. The molecule has 2 aliphatic rings. The molecule has 0 spiro atoms. The van der Waals surface area contributed by atoms with Crippen LogP contribution in [0.15, 0.2) is 36.8 Å². The topological polar surface area (TPSA) is 82.6 Å². The van der Waals surface area contributed by atoms with Gasteiger partial charge >= 0.3 is 0 Å². The number of thiazole rings is 1. The SMILES string of the molecule is Cc1[nH]ncc1-c1nccc2sc(Nc3cc(CN4CC5CCC4C5)ccn3)nc12. The number of nitrogens with one attached hydrogen (secondary N) is 2. The Morgan fingerprint density at radius 3 is 2.97 bits per heavy atom. The normalized spacial score (nSPS) is 21.0. The van der Waals surface area contributed by atoms with Crippen molar-refractivity contribution in [1.82, 2.24) is 30.0 Å². The Balaban J connectivity index is 1.25. The Morgan fingerprint density at radius 1 is 1.23 bits per heavy atom. The first-order chi connectivity index (χ1) is 14.7. The molecule has 5 heterocycles. The predicted octanol–water partition coefficient (Wildman–Crippen LogP) is 4.51. The molecule has 2 unspecified atom stereocenters. The van der Waals surface area contributed by atoms with Gasteiger partial charge in [-0.2, -0.15) is 5.10 Å². The lowest BCUT2D eigenvalue weighted by atomic mass is 10.1. The highest BCUT2D eigenvalue weighted by Crippen LogP contribution is 2.38. The number of anilines is 2. The van der Waals surface area contributed by atoms with Gasteiger partial charge in [0.2, 0.25) is 0 Å². The van der Waals surface area contributed by atoms with Gasteiger partial charge in [-0.15, -0.1) is 0 Å². The van der Waals surface area contributed by atoms with Crippen molar-refractivity contribution in [3.05, 3.63) is 48.0 Å². The van der Waals surface area contributed by atoms with E-state index in [4.69, 9.17) is 4.98 Å². The quantitative estimate of drug-likeness (QED) is 0.497. The molecule has 1 aliphatic heterocycles. The number of rotatable bonds is 5. The van der Waals surface area contributed by atoms with E-state index in [1.54, 1.807) is 17.5 Å². The summed E-state index contributed by atoms with van der Waals surface area (Å²) in [5, 5.41) is 11.3. The molecule has 7 nitrogen and oxygen atoms in total. The van der Waals surface area contributed by atoms with Crippen LogP contribution in [0.25, 0.3) is 21.5 Å². The second-order valence-corrected chi connectivity index (χ2v) is 9.40. The van der Waals surface area contributed by atoms with E-state index < -0.39 is 0 Å². The van der Waals surface area contributed by atoms with Gasteiger partial charge in [-0.1, -0.05) is 11.3 Å². The summed E-state index contributed by atoms with van der Waals surface area (Å²) < 4.78 is 1.09. The summed E-state index contributed by atoms with van der Waals surface area (Å²) in [4.78, 5) is 16.5. The summed E-state index contributed by atoms with van der Waals surface area (Å²) in [6.07, 6.45) is 9.68. The summed E-state index contributed by atoms with van der Waals surface area (Å²) in [5.74, 6) is 1.75. The number of hydrogen-bond donors (Lipinski definition) is 2. The van der Waals surface area contributed by atoms with Gasteiger partial charge in [0.1, 0.15) is 17.0 Å². The molecule has 0 radical (unpaired) electrons. The zero-order chi connectivity index (χ0) is 20.1. The minimum Gasteiger partial charge on any atom is -0.316 e. The van der Waals surface area contributed by atoms with Crippen molar-refractivity contribution >= 4 is 32.5 Å². The van der Waals surface area contributed by atoms with E-state index in [1.165, 1.54) is 31.4 Å². The van der Waals surface area contributed by atoms with Gasteiger partial charge in [-0.3, -0.25) is 15.0 Å². The molecule has 4 aromatic rings. The Bertz CT molecular complexity index is 1210. The van der Waals surface area contributed by atoms with Crippen molar-refractivity contribution in [2.45, 2.75) is 38.8 Å². The van der Waals surface area contributed by atoms with Crippen molar-refractivity contribution in [2.75, 3.05) is 11.9 Å². The lowest BCUT2D eigenvalue weighted by Crippen LogP contribution is -2.31. The summed E-state index contributed by atoms with van der Waals surface area (Å²) >= 11 is 1.61. The van der Waals surface area contributed by atoms with E-state index in [0.717, 1.165) is 56.6 Å². The number of nitrogens with zero attached hydrogens (tertiary/aromatic N) is 5. The maximum Gasteiger partial charge on any atom is 0.189 e. The largest absolute Gasteiger partial charge is 0.316 e. The predicted molar refractivity (Wildman–Crippen MR) is 119 cm³/mol. The van der Waals surface area contributed by atoms with Crippen LogP contribution in [0.1, 0.15) is 30.5 Å². The summed E-state index contributed by atoms with van der Waals surface area (Å²) in [5.41, 5.74) is 5.02. The number of pyridine rings is 2. The molecule has 2 N–H and O–H groups in total. The number of aromatic nitrogens is 5. The lowest BCUT2D eigenvalue weighted by molar-refractivity contribution is 0.205. The average Bonchev–Trinajstić information content (AvgIpc) is 3.52. The van der Waals surface area contributed by atoms with Crippen LogP contribution in [0.4, 0.5) is 10.9 Å². The van der Waals surface area contributed by atoms with Crippen LogP contribution in [0.2, 0.25) is 0 Å². The zero-order valence-corrected chi connectivity index (χ0v) is 17.6. The third-order valence-electron chi connectivity index (χ3n) is 6.36. The molecule has 1 saturated heterocycles. The molecule has 0 amide bonds.